The quantitative estimate of drug-likeness (QED) is 0.158. The Morgan fingerprint density at radius 3 is 1.56 bits per heavy atom. The maximum Gasteiger partial charge on any atom is 0.142 e. The molecule has 2 heteroatoms. The molecule has 0 aliphatic heterocycles. The monoisotopic (exact) mass is 839 g/mol. The topological polar surface area (TPSA) is 18.1 Å². The van der Waals surface area contributed by atoms with E-state index in [4.69, 9.17) is 4.42 Å². The molecule has 0 spiro atoms. The van der Waals surface area contributed by atoms with Crippen molar-refractivity contribution in [2.75, 3.05) is 0 Å². The van der Waals surface area contributed by atoms with Crippen LogP contribution in [0.1, 0.15) is 11.1 Å². The van der Waals surface area contributed by atoms with Crippen molar-refractivity contribution in [1.29, 1.82) is 0 Å². The molecule has 2 aliphatic carbocycles. The summed E-state index contributed by atoms with van der Waals surface area (Å²) < 4.78 is 9.62. The van der Waals surface area contributed by atoms with E-state index in [0.29, 0.717) is 0 Å². The number of para-hydroxylation sites is 3. The van der Waals surface area contributed by atoms with E-state index in [9.17, 15) is 0 Å². The molecule has 0 fully saturated rings. The van der Waals surface area contributed by atoms with Crippen LogP contribution < -0.4 is 10.4 Å². The molecule has 0 N–H and O–H groups in total. The van der Waals surface area contributed by atoms with Crippen LogP contribution in [0.5, 0.6) is 0 Å². The molecule has 0 bridgehead atoms. The fourth-order valence-electron chi connectivity index (χ4n) is 11.7. The molecule has 2 atom stereocenters. The summed E-state index contributed by atoms with van der Waals surface area (Å²) >= 11 is 0. The van der Waals surface area contributed by atoms with Crippen LogP contribution >= 0.6 is 0 Å². The van der Waals surface area contributed by atoms with Gasteiger partial charge in [-0.2, -0.15) is 0 Å². The number of aromatic nitrogens is 1. The molecule has 0 saturated carbocycles. The maximum absolute atomic E-state index is 7.20. The summed E-state index contributed by atoms with van der Waals surface area (Å²) in [4.78, 5) is 0. The van der Waals surface area contributed by atoms with Crippen LogP contribution in [0.3, 0.4) is 0 Å². The Labute approximate surface area is 381 Å². The van der Waals surface area contributed by atoms with Crippen molar-refractivity contribution in [2.24, 2.45) is 11.8 Å². The largest absolute Gasteiger partial charge is 0.455 e. The van der Waals surface area contributed by atoms with Gasteiger partial charge in [0.1, 0.15) is 11.2 Å². The molecule has 0 amide bonds. The van der Waals surface area contributed by atoms with Crippen LogP contribution in [-0.2, 0) is 0 Å². The highest BCUT2D eigenvalue weighted by Gasteiger charge is 2.34. The molecule has 308 valence electrons. The van der Waals surface area contributed by atoms with E-state index >= 15 is 0 Å². The normalized spacial score (nSPS) is 15.7. The Balaban J connectivity index is 1.01. The number of allylic oxidation sites excluding steroid dienone is 4. The SMILES string of the molecule is C1=CC2C(c3cccc4c3oc3cc(-c5c6ccccc6c(-c6ccccc6)c6ccccc56)ccc34)=c3ccccc3=C(c3cccc4c3c3ccccc3n4-c3ccccc3)C2C=C1. The van der Waals surface area contributed by atoms with Crippen molar-refractivity contribution in [3.8, 4) is 27.9 Å². The van der Waals surface area contributed by atoms with Crippen LogP contribution in [0.4, 0.5) is 0 Å². The number of nitrogens with zero attached hydrogens (tertiary/aromatic N) is 1. The molecule has 2 unspecified atom stereocenters. The number of fused-ring (bicyclic) bond motifs is 10. The van der Waals surface area contributed by atoms with E-state index < -0.39 is 0 Å². The third-order valence-corrected chi connectivity index (χ3v) is 14.4. The zero-order chi connectivity index (χ0) is 43.3. The number of hydrogen-bond donors (Lipinski definition) is 0. The molecule has 14 rings (SSSR count). The van der Waals surface area contributed by atoms with Crippen molar-refractivity contribution in [3.05, 3.63) is 258 Å². The van der Waals surface area contributed by atoms with Gasteiger partial charge in [-0.25, -0.2) is 0 Å². The second-order valence-corrected chi connectivity index (χ2v) is 17.8. The highest BCUT2D eigenvalue weighted by Crippen LogP contribution is 2.48. The molecule has 2 heterocycles. The lowest BCUT2D eigenvalue weighted by Gasteiger charge is -2.33. The molecular formula is C64H41NO. The predicted molar refractivity (Wildman–Crippen MR) is 276 cm³/mol. The van der Waals surface area contributed by atoms with Crippen LogP contribution in [0.25, 0.3) is 104 Å². The summed E-state index contributed by atoms with van der Waals surface area (Å²) in [6, 6.07) is 77.7. The third-order valence-electron chi connectivity index (χ3n) is 14.4. The van der Waals surface area contributed by atoms with Crippen LogP contribution in [-0.4, -0.2) is 4.57 Å². The van der Waals surface area contributed by atoms with E-state index in [1.807, 2.05) is 0 Å². The van der Waals surface area contributed by atoms with E-state index in [2.05, 4.69) is 241 Å². The van der Waals surface area contributed by atoms with Gasteiger partial charge in [0, 0.05) is 44.6 Å². The van der Waals surface area contributed by atoms with Crippen LogP contribution in [0.15, 0.2) is 241 Å². The number of furan rings is 1. The van der Waals surface area contributed by atoms with Crippen molar-refractivity contribution < 1.29 is 4.42 Å². The zero-order valence-corrected chi connectivity index (χ0v) is 36.0. The van der Waals surface area contributed by atoms with Crippen molar-refractivity contribution >= 4 is 76.4 Å². The first-order chi connectivity index (χ1) is 32.8. The Bertz CT molecular complexity index is 4110. The van der Waals surface area contributed by atoms with Gasteiger partial charge in [0.05, 0.1) is 11.0 Å². The summed E-state index contributed by atoms with van der Waals surface area (Å²) in [5.41, 5.74) is 15.4. The standard InChI is InChI=1S/C64H41NO/c1-3-19-40(20-4-1)59-44-23-7-9-25-46(44)60(47-26-10-8-24-45(47)59)41-37-38-43-52-32-17-34-55(64(52)66-58(43)39-41)62-50-29-13-11-27-48(50)61(49-28-12-14-30-51(49)62)54-33-18-36-57-63(54)53-31-15-16-35-56(53)65(57)42-21-5-2-6-22-42/h1-39,48,50H. The predicted octanol–water partition coefficient (Wildman–Crippen LogP) is 15.1. The van der Waals surface area contributed by atoms with E-state index in [-0.39, 0.29) is 11.8 Å². The van der Waals surface area contributed by atoms with Crippen LogP contribution in [0, 0.1) is 11.8 Å². The van der Waals surface area contributed by atoms with Crippen molar-refractivity contribution in [3.63, 3.8) is 0 Å². The van der Waals surface area contributed by atoms with Gasteiger partial charge in [-0.3, -0.25) is 0 Å². The Morgan fingerprint density at radius 2 is 0.879 bits per heavy atom. The lowest BCUT2D eigenvalue weighted by atomic mass is 9.69. The van der Waals surface area contributed by atoms with Gasteiger partial charge in [0.25, 0.3) is 0 Å². The average molecular weight is 840 g/mol. The number of rotatable bonds is 5. The van der Waals surface area contributed by atoms with Gasteiger partial charge in [0.15, 0.2) is 0 Å². The molecular weight excluding hydrogens is 799 g/mol. The van der Waals surface area contributed by atoms with Crippen molar-refractivity contribution in [1.82, 2.24) is 4.57 Å². The molecule has 0 saturated heterocycles. The minimum absolute atomic E-state index is 0.0906. The van der Waals surface area contributed by atoms with E-state index in [1.54, 1.807) is 0 Å². The van der Waals surface area contributed by atoms with E-state index in [0.717, 1.165) is 38.8 Å². The maximum atomic E-state index is 7.20. The molecule has 66 heavy (non-hydrogen) atoms. The molecule has 2 aliphatic rings. The Morgan fingerprint density at radius 1 is 0.364 bits per heavy atom. The highest BCUT2D eigenvalue weighted by atomic mass is 16.3. The molecule has 2 nitrogen and oxygen atoms in total. The number of benzene rings is 10. The Kier molecular flexibility index (Phi) is 8.14. The first kappa shape index (κ1) is 37.0. The summed E-state index contributed by atoms with van der Waals surface area (Å²) in [7, 11) is 0. The highest BCUT2D eigenvalue weighted by molar-refractivity contribution is 6.22. The molecule has 0 radical (unpaired) electrons. The average Bonchev–Trinajstić information content (AvgIpc) is 3.93. The number of hydrogen-bond acceptors (Lipinski definition) is 1. The minimum Gasteiger partial charge on any atom is -0.455 e. The second kappa shape index (κ2) is 14.5. The van der Waals surface area contributed by atoms with Gasteiger partial charge >= 0.3 is 0 Å². The van der Waals surface area contributed by atoms with Crippen molar-refractivity contribution in [2.45, 2.75) is 0 Å². The Hall–Kier alpha value is -8.46. The molecule has 10 aromatic carbocycles. The molecule has 12 aromatic rings. The van der Waals surface area contributed by atoms with Gasteiger partial charge in [0.2, 0.25) is 0 Å². The minimum atomic E-state index is 0.0906. The summed E-state index contributed by atoms with van der Waals surface area (Å²) in [5, 5.41) is 12.3. The van der Waals surface area contributed by atoms with E-state index in [1.165, 1.54) is 87.2 Å². The fourth-order valence-corrected chi connectivity index (χ4v) is 11.7. The second-order valence-electron chi connectivity index (χ2n) is 17.8. The first-order valence-electron chi connectivity index (χ1n) is 23.0. The molecule has 2 aromatic heterocycles. The smallest absolute Gasteiger partial charge is 0.142 e. The van der Waals surface area contributed by atoms with Gasteiger partial charge in [-0.05, 0) is 107 Å². The lowest BCUT2D eigenvalue weighted by molar-refractivity contribution is 0.659. The van der Waals surface area contributed by atoms with Gasteiger partial charge in [-0.15, -0.1) is 0 Å². The lowest BCUT2D eigenvalue weighted by Crippen LogP contribution is -2.40. The van der Waals surface area contributed by atoms with Gasteiger partial charge in [-0.1, -0.05) is 200 Å². The van der Waals surface area contributed by atoms with Gasteiger partial charge < -0.3 is 8.98 Å². The summed E-state index contributed by atoms with van der Waals surface area (Å²) in [5.74, 6) is 0.198. The third kappa shape index (κ3) is 5.36. The fraction of sp³-hybridized carbons (Fsp3) is 0.0312. The zero-order valence-electron chi connectivity index (χ0n) is 36.0. The first-order valence-corrected chi connectivity index (χ1v) is 23.0. The summed E-state index contributed by atoms with van der Waals surface area (Å²) in [6.07, 6.45) is 9.31. The van der Waals surface area contributed by atoms with Crippen LogP contribution in [0.2, 0.25) is 0 Å². The summed E-state index contributed by atoms with van der Waals surface area (Å²) in [6.45, 7) is 0.